The van der Waals surface area contributed by atoms with Gasteiger partial charge in [-0.15, -0.1) is 0 Å². The average Bonchev–Trinajstić information content (AvgIpc) is 2.84. The minimum atomic E-state index is -0.170. The van der Waals surface area contributed by atoms with E-state index in [1.54, 1.807) is 24.1 Å². The summed E-state index contributed by atoms with van der Waals surface area (Å²) >= 11 is 0. The summed E-state index contributed by atoms with van der Waals surface area (Å²) in [6, 6.07) is 0. The van der Waals surface area contributed by atoms with E-state index >= 15 is 0 Å². The number of hydrogen-bond acceptors (Lipinski definition) is 4. The first kappa shape index (κ1) is 11.2. The average molecular weight is 234 g/mol. The van der Waals surface area contributed by atoms with E-state index in [1.807, 2.05) is 6.92 Å². The molecule has 1 amide bonds. The minimum absolute atomic E-state index is 0.170. The highest BCUT2D eigenvalue weighted by Gasteiger charge is 2.12. The number of nitrogen functional groups attached to an aromatic ring is 1. The van der Waals surface area contributed by atoms with Crippen LogP contribution < -0.4 is 11.1 Å². The van der Waals surface area contributed by atoms with Gasteiger partial charge >= 0.3 is 0 Å². The highest BCUT2D eigenvalue weighted by atomic mass is 16.1. The number of nitrogens with zero attached hydrogens (tertiary/aromatic N) is 3. The smallest absolute Gasteiger partial charge is 0.255 e. The third kappa shape index (κ3) is 2.12. The molecular formula is C10H14N6O. The van der Waals surface area contributed by atoms with Crippen molar-refractivity contribution in [3.05, 3.63) is 29.2 Å². The van der Waals surface area contributed by atoms with E-state index in [9.17, 15) is 4.79 Å². The summed E-state index contributed by atoms with van der Waals surface area (Å²) in [5.74, 6) is 0.296. The quantitative estimate of drug-likeness (QED) is 0.693. The van der Waals surface area contributed by atoms with E-state index in [-0.39, 0.29) is 5.91 Å². The molecule has 4 N–H and O–H groups in total. The van der Waals surface area contributed by atoms with Crippen molar-refractivity contribution in [3.8, 4) is 0 Å². The highest BCUT2D eigenvalue weighted by molar-refractivity contribution is 5.95. The van der Waals surface area contributed by atoms with Gasteiger partial charge in [-0.25, -0.2) is 0 Å². The van der Waals surface area contributed by atoms with E-state index in [4.69, 9.17) is 5.73 Å². The van der Waals surface area contributed by atoms with Crippen LogP contribution in [0.5, 0.6) is 0 Å². The van der Waals surface area contributed by atoms with Gasteiger partial charge in [-0.05, 0) is 6.92 Å². The van der Waals surface area contributed by atoms with E-state index < -0.39 is 0 Å². The molecule has 0 saturated carbocycles. The molecule has 0 unspecified atom stereocenters. The molecule has 0 aromatic carbocycles. The van der Waals surface area contributed by atoms with Crippen molar-refractivity contribution < 1.29 is 4.79 Å². The number of carbonyl (C=O) groups is 1. The Labute approximate surface area is 98.0 Å². The van der Waals surface area contributed by atoms with Crippen molar-refractivity contribution in [1.29, 1.82) is 0 Å². The van der Waals surface area contributed by atoms with Crippen molar-refractivity contribution in [2.75, 3.05) is 5.73 Å². The predicted molar refractivity (Wildman–Crippen MR) is 62.1 cm³/mol. The maximum atomic E-state index is 11.8. The fraction of sp³-hybridized carbons (Fsp3) is 0.300. The van der Waals surface area contributed by atoms with Gasteiger partial charge in [0.05, 0.1) is 18.0 Å². The van der Waals surface area contributed by atoms with Crippen LogP contribution in [0.3, 0.4) is 0 Å². The zero-order valence-corrected chi connectivity index (χ0v) is 9.69. The summed E-state index contributed by atoms with van der Waals surface area (Å²) in [7, 11) is 1.79. The van der Waals surface area contributed by atoms with Crippen molar-refractivity contribution >= 4 is 11.7 Å². The maximum absolute atomic E-state index is 11.8. The number of hydrogen-bond donors (Lipinski definition) is 3. The molecule has 2 aromatic rings. The summed E-state index contributed by atoms with van der Waals surface area (Å²) in [5.41, 5.74) is 7.76. The fourth-order valence-electron chi connectivity index (χ4n) is 1.45. The van der Waals surface area contributed by atoms with E-state index in [0.29, 0.717) is 17.9 Å². The molecule has 2 aromatic heterocycles. The van der Waals surface area contributed by atoms with Crippen LogP contribution in [0.2, 0.25) is 0 Å². The van der Waals surface area contributed by atoms with Gasteiger partial charge in [-0.3, -0.25) is 14.6 Å². The standard InChI is InChI=1S/C10H14N6O/c1-6-8(5-14-16(6)2)10(17)12-3-7-4-13-15-9(7)11/h4-5H,3H2,1-2H3,(H,12,17)(H3,11,13,15). The van der Waals surface area contributed by atoms with Crippen LogP contribution >= 0.6 is 0 Å². The SMILES string of the molecule is Cc1c(C(=O)NCc2cn[nH]c2N)cnn1C. The molecule has 0 aliphatic carbocycles. The van der Waals surface area contributed by atoms with E-state index in [2.05, 4.69) is 20.6 Å². The Bertz CT molecular complexity index is 541. The van der Waals surface area contributed by atoms with Crippen molar-refractivity contribution in [1.82, 2.24) is 25.3 Å². The number of anilines is 1. The lowest BCUT2D eigenvalue weighted by Gasteiger charge is -2.03. The first-order valence-electron chi connectivity index (χ1n) is 5.14. The van der Waals surface area contributed by atoms with Crippen LogP contribution in [0.25, 0.3) is 0 Å². The van der Waals surface area contributed by atoms with Gasteiger partial charge in [-0.1, -0.05) is 0 Å². The normalized spacial score (nSPS) is 10.5. The van der Waals surface area contributed by atoms with Gasteiger partial charge in [0.25, 0.3) is 5.91 Å². The summed E-state index contributed by atoms with van der Waals surface area (Å²) in [6.07, 6.45) is 3.13. The Kier molecular flexibility index (Phi) is 2.82. The summed E-state index contributed by atoms with van der Waals surface area (Å²) < 4.78 is 1.65. The zero-order valence-electron chi connectivity index (χ0n) is 9.69. The van der Waals surface area contributed by atoms with Crippen LogP contribution in [0.4, 0.5) is 5.82 Å². The van der Waals surface area contributed by atoms with Gasteiger partial charge in [0.2, 0.25) is 0 Å². The molecule has 0 atom stereocenters. The molecule has 17 heavy (non-hydrogen) atoms. The first-order chi connectivity index (χ1) is 8.09. The lowest BCUT2D eigenvalue weighted by molar-refractivity contribution is 0.0950. The number of nitrogens with two attached hydrogens (primary N) is 1. The number of aryl methyl sites for hydroxylation is 1. The summed E-state index contributed by atoms with van der Waals surface area (Å²) in [6.45, 7) is 2.18. The second kappa shape index (κ2) is 4.28. The Hall–Kier alpha value is -2.31. The Morgan fingerprint density at radius 3 is 2.88 bits per heavy atom. The van der Waals surface area contributed by atoms with E-state index in [1.165, 1.54) is 0 Å². The number of nitrogens with one attached hydrogen (secondary N) is 2. The van der Waals surface area contributed by atoms with Crippen molar-refractivity contribution in [3.63, 3.8) is 0 Å². The Balaban J connectivity index is 2.03. The zero-order chi connectivity index (χ0) is 12.4. The largest absolute Gasteiger partial charge is 0.384 e. The Morgan fingerprint density at radius 2 is 2.35 bits per heavy atom. The molecule has 0 aliphatic heterocycles. The van der Waals surface area contributed by atoms with Gasteiger partial charge in [0.1, 0.15) is 5.82 Å². The topological polar surface area (TPSA) is 102 Å². The van der Waals surface area contributed by atoms with Crippen molar-refractivity contribution in [2.24, 2.45) is 7.05 Å². The number of rotatable bonds is 3. The maximum Gasteiger partial charge on any atom is 0.255 e. The predicted octanol–water partition coefficient (Wildman–Crippen LogP) is -0.0362. The van der Waals surface area contributed by atoms with Crippen molar-refractivity contribution in [2.45, 2.75) is 13.5 Å². The monoisotopic (exact) mass is 234 g/mol. The lowest BCUT2D eigenvalue weighted by Crippen LogP contribution is -2.23. The molecular weight excluding hydrogens is 220 g/mol. The molecule has 2 rings (SSSR count). The van der Waals surface area contributed by atoms with Gasteiger partial charge < -0.3 is 11.1 Å². The molecule has 7 nitrogen and oxygen atoms in total. The Morgan fingerprint density at radius 1 is 1.59 bits per heavy atom. The number of carbonyl (C=O) groups excluding carboxylic acids is 1. The molecule has 0 bridgehead atoms. The molecule has 0 spiro atoms. The van der Waals surface area contributed by atoms with Crippen LogP contribution in [-0.4, -0.2) is 25.9 Å². The van der Waals surface area contributed by atoms with Crippen LogP contribution in [-0.2, 0) is 13.6 Å². The molecule has 90 valence electrons. The van der Waals surface area contributed by atoms with Crippen LogP contribution in [0.1, 0.15) is 21.6 Å². The highest BCUT2D eigenvalue weighted by Crippen LogP contribution is 2.08. The molecule has 0 saturated heterocycles. The third-order valence-corrected chi connectivity index (χ3v) is 2.67. The molecule has 0 aliphatic rings. The van der Waals surface area contributed by atoms with E-state index in [0.717, 1.165) is 11.3 Å². The van der Waals surface area contributed by atoms with Gasteiger partial charge in [0, 0.05) is 24.8 Å². The summed E-state index contributed by atoms with van der Waals surface area (Å²) in [4.78, 5) is 11.8. The number of aromatic nitrogens is 4. The molecule has 0 fully saturated rings. The second-order valence-electron chi connectivity index (χ2n) is 3.76. The first-order valence-corrected chi connectivity index (χ1v) is 5.14. The van der Waals surface area contributed by atoms with Crippen LogP contribution in [0, 0.1) is 6.92 Å². The molecule has 2 heterocycles. The minimum Gasteiger partial charge on any atom is -0.384 e. The lowest BCUT2D eigenvalue weighted by atomic mass is 10.2. The number of amides is 1. The fourth-order valence-corrected chi connectivity index (χ4v) is 1.45. The number of aromatic amines is 1. The van der Waals surface area contributed by atoms with Gasteiger partial charge in [0.15, 0.2) is 0 Å². The third-order valence-electron chi connectivity index (χ3n) is 2.67. The second-order valence-corrected chi connectivity index (χ2v) is 3.76. The molecule has 7 heteroatoms. The van der Waals surface area contributed by atoms with Crippen LogP contribution in [0.15, 0.2) is 12.4 Å². The number of H-pyrrole nitrogens is 1. The summed E-state index contributed by atoms with van der Waals surface area (Å²) in [5, 5.41) is 13.2. The molecule has 0 radical (unpaired) electrons. The van der Waals surface area contributed by atoms with Gasteiger partial charge in [-0.2, -0.15) is 10.2 Å².